The van der Waals surface area contributed by atoms with E-state index in [0.29, 0.717) is 37.7 Å². The number of nitrogens with one attached hydrogen (secondary N) is 1. The molecular formula is C20H30N2O5. The van der Waals surface area contributed by atoms with Gasteiger partial charge in [0.25, 0.3) is 0 Å². The van der Waals surface area contributed by atoms with E-state index >= 15 is 0 Å². The zero-order valence-corrected chi connectivity index (χ0v) is 16.6. The monoisotopic (exact) mass is 378 g/mol. The van der Waals surface area contributed by atoms with Crippen molar-refractivity contribution in [3.05, 3.63) is 23.8 Å². The molecule has 1 aliphatic rings. The summed E-state index contributed by atoms with van der Waals surface area (Å²) in [7, 11) is 3.21. The molecule has 0 aliphatic carbocycles. The summed E-state index contributed by atoms with van der Waals surface area (Å²) in [6.45, 7) is 5.89. The molecule has 1 aliphatic heterocycles. The van der Waals surface area contributed by atoms with Gasteiger partial charge in [0, 0.05) is 5.56 Å². The summed E-state index contributed by atoms with van der Waals surface area (Å²) in [6.07, 6.45) is 1.46. The quantitative estimate of drug-likeness (QED) is 0.699. The van der Waals surface area contributed by atoms with Crippen LogP contribution in [0.4, 0.5) is 0 Å². The van der Waals surface area contributed by atoms with E-state index in [9.17, 15) is 9.59 Å². The number of esters is 1. The summed E-state index contributed by atoms with van der Waals surface area (Å²) >= 11 is 0. The van der Waals surface area contributed by atoms with Crippen molar-refractivity contribution in [1.82, 2.24) is 10.2 Å². The lowest BCUT2D eigenvalue weighted by molar-refractivity contribution is -0.149. The number of carbonyl (C=O) groups is 2. The lowest BCUT2D eigenvalue weighted by atomic mass is 9.97. The highest BCUT2D eigenvalue weighted by molar-refractivity contribution is 5.78. The minimum atomic E-state index is -0.209. The Balaban J connectivity index is 1.86. The molecular weight excluding hydrogens is 348 g/mol. The highest BCUT2D eigenvalue weighted by atomic mass is 16.5. The third-order valence-electron chi connectivity index (χ3n) is 4.86. The molecule has 1 atom stereocenters. The van der Waals surface area contributed by atoms with Crippen LogP contribution < -0.4 is 14.8 Å². The van der Waals surface area contributed by atoms with Gasteiger partial charge in [-0.05, 0) is 58.0 Å². The predicted octanol–water partition coefficient (Wildman–Crippen LogP) is 2.16. The van der Waals surface area contributed by atoms with Crippen molar-refractivity contribution >= 4 is 11.9 Å². The number of methoxy groups -OCH3 is 2. The van der Waals surface area contributed by atoms with Gasteiger partial charge in [-0.15, -0.1) is 0 Å². The second-order valence-corrected chi connectivity index (χ2v) is 6.70. The molecule has 1 aromatic rings. The largest absolute Gasteiger partial charge is 0.497 e. The van der Waals surface area contributed by atoms with Gasteiger partial charge in [0.05, 0.1) is 39.3 Å². The lowest BCUT2D eigenvalue weighted by Gasteiger charge is -2.30. The average molecular weight is 378 g/mol. The van der Waals surface area contributed by atoms with Crippen molar-refractivity contribution in [2.24, 2.45) is 5.92 Å². The van der Waals surface area contributed by atoms with Crippen molar-refractivity contribution in [3.8, 4) is 11.5 Å². The third kappa shape index (κ3) is 5.85. The van der Waals surface area contributed by atoms with Gasteiger partial charge in [-0.3, -0.25) is 14.5 Å². The number of rotatable bonds is 8. The minimum Gasteiger partial charge on any atom is -0.497 e. The fourth-order valence-corrected chi connectivity index (χ4v) is 3.33. The van der Waals surface area contributed by atoms with Crippen molar-refractivity contribution in [2.75, 3.05) is 40.5 Å². The molecule has 1 N–H and O–H groups in total. The maximum Gasteiger partial charge on any atom is 0.309 e. The molecule has 0 aromatic heterocycles. The molecule has 0 saturated carbocycles. The average Bonchev–Trinajstić information content (AvgIpc) is 2.68. The Bertz CT molecular complexity index is 641. The van der Waals surface area contributed by atoms with Gasteiger partial charge in [-0.1, -0.05) is 0 Å². The van der Waals surface area contributed by atoms with Gasteiger partial charge in [0.1, 0.15) is 11.5 Å². The van der Waals surface area contributed by atoms with Crippen LogP contribution in [0.2, 0.25) is 0 Å². The molecule has 1 amide bonds. The Kier molecular flexibility index (Phi) is 7.91. The van der Waals surface area contributed by atoms with Crippen LogP contribution in [-0.2, 0) is 14.3 Å². The standard InChI is InChI=1S/C20H30N2O5/c1-5-27-20(24)15-8-10-22(11-9-15)13-19(23)21-14(2)17-12-16(25-3)6-7-18(17)26-4/h6-7,12,14-15H,5,8-11,13H2,1-4H3,(H,21,23)/t14-/m1/s1. The van der Waals surface area contributed by atoms with E-state index in [-0.39, 0.29) is 23.8 Å². The number of amides is 1. The van der Waals surface area contributed by atoms with Crippen LogP contribution in [0.5, 0.6) is 11.5 Å². The van der Waals surface area contributed by atoms with Crippen molar-refractivity contribution in [3.63, 3.8) is 0 Å². The van der Waals surface area contributed by atoms with E-state index in [0.717, 1.165) is 18.4 Å². The molecule has 27 heavy (non-hydrogen) atoms. The number of hydrogen-bond acceptors (Lipinski definition) is 6. The Morgan fingerprint density at radius 3 is 2.52 bits per heavy atom. The molecule has 150 valence electrons. The number of piperidine rings is 1. The SMILES string of the molecule is CCOC(=O)C1CCN(CC(=O)N[C@H](C)c2cc(OC)ccc2OC)CC1. The number of likely N-dealkylation sites (tertiary alicyclic amines) is 1. The van der Waals surface area contributed by atoms with Gasteiger partial charge in [0.2, 0.25) is 5.91 Å². The predicted molar refractivity (Wildman–Crippen MR) is 102 cm³/mol. The van der Waals surface area contributed by atoms with Crippen LogP contribution in [0.1, 0.15) is 38.3 Å². The molecule has 0 spiro atoms. The summed E-state index contributed by atoms with van der Waals surface area (Å²) in [5, 5.41) is 3.02. The number of ether oxygens (including phenoxy) is 3. The maximum absolute atomic E-state index is 12.5. The fourth-order valence-electron chi connectivity index (χ4n) is 3.33. The molecule has 7 nitrogen and oxygen atoms in total. The second-order valence-electron chi connectivity index (χ2n) is 6.70. The Morgan fingerprint density at radius 1 is 1.22 bits per heavy atom. The van der Waals surface area contributed by atoms with E-state index in [1.165, 1.54) is 0 Å². The van der Waals surface area contributed by atoms with Crippen LogP contribution in [-0.4, -0.2) is 57.2 Å². The lowest BCUT2D eigenvalue weighted by Crippen LogP contribution is -2.43. The number of carbonyl (C=O) groups excluding carboxylic acids is 2. The normalized spacial score (nSPS) is 16.4. The molecule has 2 rings (SSSR count). The van der Waals surface area contributed by atoms with Gasteiger partial charge in [-0.25, -0.2) is 0 Å². The highest BCUT2D eigenvalue weighted by Gasteiger charge is 2.27. The molecule has 0 unspecified atom stereocenters. The number of nitrogens with zero attached hydrogens (tertiary/aromatic N) is 1. The first-order valence-electron chi connectivity index (χ1n) is 9.38. The molecule has 1 heterocycles. The van der Waals surface area contributed by atoms with E-state index in [4.69, 9.17) is 14.2 Å². The first-order valence-corrected chi connectivity index (χ1v) is 9.38. The molecule has 1 saturated heterocycles. The van der Waals surface area contributed by atoms with Crippen LogP contribution in [0.15, 0.2) is 18.2 Å². The van der Waals surface area contributed by atoms with Crippen molar-refractivity contribution < 1.29 is 23.8 Å². The van der Waals surface area contributed by atoms with Crippen LogP contribution >= 0.6 is 0 Å². The number of hydrogen-bond donors (Lipinski definition) is 1. The summed E-state index contributed by atoms with van der Waals surface area (Å²) in [4.78, 5) is 26.3. The van der Waals surface area contributed by atoms with Crippen LogP contribution in [0.3, 0.4) is 0 Å². The molecule has 0 radical (unpaired) electrons. The summed E-state index contributed by atoms with van der Waals surface area (Å²) in [5.41, 5.74) is 0.867. The van der Waals surface area contributed by atoms with E-state index < -0.39 is 0 Å². The van der Waals surface area contributed by atoms with Gasteiger partial charge >= 0.3 is 5.97 Å². The zero-order chi connectivity index (χ0) is 19.8. The van der Waals surface area contributed by atoms with Crippen molar-refractivity contribution in [2.45, 2.75) is 32.7 Å². The van der Waals surface area contributed by atoms with Crippen LogP contribution in [0.25, 0.3) is 0 Å². The van der Waals surface area contributed by atoms with Crippen molar-refractivity contribution in [1.29, 1.82) is 0 Å². The molecule has 7 heteroatoms. The van der Waals surface area contributed by atoms with Crippen LogP contribution in [0, 0.1) is 5.92 Å². The Hall–Kier alpha value is -2.28. The first-order chi connectivity index (χ1) is 13.0. The maximum atomic E-state index is 12.5. The molecule has 0 bridgehead atoms. The van der Waals surface area contributed by atoms with Gasteiger partial charge < -0.3 is 19.5 Å². The van der Waals surface area contributed by atoms with E-state index in [1.807, 2.05) is 32.0 Å². The minimum absolute atomic E-state index is 0.0516. The Morgan fingerprint density at radius 2 is 1.93 bits per heavy atom. The van der Waals surface area contributed by atoms with E-state index in [2.05, 4.69) is 10.2 Å². The number of benzene rings is 1. The van der Waals surface area contributed by atoms with E-state index in [1.54, 1.807) is 14.2 Å². The molecule has 1 fully saturated rings. The summed E-state index contributed by atoms with van der Waals surface area (Å²) in [5.74, 6) is 1.19. The third-order valence-corrected chi connectivity index (χ3v) is 4.86. The van der Waals surface area contributed by atoms with Gasteiger partial charge in [0.15, 0.2) is 0 Å². The van der Waals surface area contributed by atoms with Gasteiger partial charge in [-0.2, -0.15) is 0 Å². The Labute approximate surface area is 161 Å². The smallest absolute Gasteiger partial charge is 0.309 e. The topological polar surface area (TPSA) is 77.1 Å². The fraction of sp³-hybridized carbons (Fsp3) is 0.600. The second kappa shape index (κ2) is 10.2. The molecule has 1 aromatic carbocycles. The zero-order valence-electron chi connectivity index (χ0n) is 16.6. The first kappa shape index (κ1) is 21.0. The highest BCUT2D eigenvalue weighted by Crippen LogP contribution is 2.29. The summed E-state index contributed by atoms with van der Waals surface area (Å²) in [6, 6.07) is 5.32. The summed E-state index contributed by atoms with van der Waals surface area (Å²) < 4.78 is 15.7.